The maximum atomic E-state index is 5.70. The molecule has 12 heavy (non-hydrogen) atoms. The summed E-state index contributed by atoms with van der Waals surface area (Å²) < 4.78 is 5.11. The van der Waals surface area contributed by atoms with Crippen molar-refractivity contribution in [3.63, 3.8) is 0 Å². The maximum absolute atomic E-state index is 5.70. The third-order valence-electron chi connectivity index (χ3n) is 2.09. The molecular weight excluding hydrogens is 150 g/mol. The first kappa shape index (κ1) is 7.22. The van der Waals surface area contributed by atoms with E-state index in [9.17, 15) is 0 Å². The molecule has 2 rings (SSSR count). The van der Waals surface area contributed by atoms with Crippen LogP contribution in [0.1, 0.15) is 11.1 Å². The monoisotopic (exact) mass is 161 g/mol. The fourth-order valence-electron chi connectivity index (χ4n) is 1.47. The minimum Gasteiger partial charge on any atom is -0.497 e. The van der Waals surface area contributed by atoms with Crippen LogP contribution in [0.5, 0.6) is 5.75 Å². The van der Waals surface area contributed by atoms with E-state index in [4.69, 9.17) is 10.5 Å². The summed E-state index contributed by atoms with van der Waals surface area (Å²) in [4.78, 5) is 0. The van der Waals surface area contributed by atoms with Crippen LogP contribution in [0, 0.1) is 0 Å². The lowest BCUT2D eigenvalue weighted by Gasteiger charge is -2.02. The van der Waals surface area contributed by atoms with Crippen LogP contribution in [0.15, 0.2) is 23.9 Å². The quantitative estimate of drug-likeness (QED) is 0.678. The first-order valence-electron chi connectivity index (χ1n) is 3.92. The zero-order chi connectivity index (χ0) is 8.55. The summed E-state index contributed by atoms with van der Waals surface area (Å²) in [6.07, 6.45) is 2.86. The van der Waals surface area contributed by atoms with E-state index in [0.717, 1.165) is 17.9 Å². The molecule has 0 unspecified atom stereocenters. The van der Waals surface area contributed by atoms with Crippen molar-refractivity contribution in [1.82, 2.24) is 0 Å². The molecule has 0 bridgehead atoms. The Morgan fingerprint density at radius 2 is 2.25 bits per heavy atom. The van der Waals surface area contributed by atoms with Crippen molar-refractivity contribution in [2.24, 2.45) is 5.73 Å². The van der Waals surface area contributed by atoms with E-state index in [-0.39, 0.29) is 0 Å². The standard InChI is InChI=1S/C10H11NO/c1-12-10-3-2-7-4-9(11)5-8(7)6-10/h2-4,6H,5,11H2,1H3. The van der Waals surface area contributed by atoms with Gasteiger partial charge in [-0.05, 0) is 29.3 Å². The SMILES string of the molecule is COc1ccc2c(c1)CC(N)=C2. The maximum Gasteiger partial charge on any atom is 0.119 e. The molecule has 1 aromatic carbocycles. The third kappa shape index (κ3) is 1.05. The molecule has 2 heteroatoms. The molecule has 0 spiro atoms. The summed E-state index contributed by atoms with van der Waals surface area (Å²) >= 11 is 0. The Morgan fingerprint density at radius 3 is 3.00 bits per heavy atom. The van der Waals surface area contributed by atoms with Gasteiger partial charge in [0.25, 0.3) is 0 Å². The van der Waals surface area contributed by atoms with E-state index in [2.05, 4.69) is 0 Å². The molecule has 1 aromatic rings. The lowest BCUT2D eigenvalue weighted by molar-refractivity contribution is 0.414. The predicted molar refractivity (Wildman–Crippen MR) is 48.9 cm³/mol. The lowest BCUT2D eigenvalue weighted by Crippen LogP contribution is -1.95. The first-order chi connectivity index (χ1) is 5.79. The number of nitrogens with two attached hydrogens (primary N) is 1. The number of allylic oxidation sites excluding steroid dienone is 1. The Hall–Kier alpha value is -1.44. The van der Waals surface area contributed by atoms with Crippen molar-refractivity contribution in [3.8, 4) is 5.75 Å². The minimum absolute atomic E-state index is 0.854. The zero-order valence-electron chi connectivity index (χ0n) is 7.00. The van der Waals surface area contributed by atoms with Gasteiger partial charge in [-0.2, -0.15) is 0 Å². The highest BCUT2D eigenvalue weighted by Crippen LogP contribution is 2.25. The molecule has 0 atom stereocenters. The van der Waals surface area contributed by atoms with E-state index in [0.29, 0.717) is 0 Å². The van der Waals surface area contributed by atoms with Gasteiger partial charge in [0, 0.05) is 12.1 Å². The van der Waals surface area contributed by atoms with Crippen LogP contribution < -0.4 is 10.5 Å². The topological polar surface area (TPSA) is 35.2 Å². The molecule has 1 aliphatic carbocycles. The van der Waals surface area contributed by atoms with Crippen LogP contribution in [-0.2, 0) is 6.42 Å². The number of fused-ring (bicyclic) bond motifs is 1. The Bertz CT molecular complexity index is 342. The third-order valence-corrected chi connectivity index (χ3v) is 2.09. The molecule has 0 heterocycles. The number of benzene rings is 1. The van der Waals surface area contributed by atoms with Gasteiger partial charge in [0.1, 0.15) is 5.75 Å². The lowest BCUT2D eigenvalue weighted by atomic mass is 10.1. The Labute approximate surface area is 71.6 Å². The highest BCUT2D eigenvalue weighted by molar-refractivity contribution is 5.64. The molecular formula is C10H11NO. The van der Waals surface area contributed by atoms with Crippen molar-refractivity contribution < 1.29 is 4.74 Å². The molecule has 0 saturated carbocycles. The smallest absolute Gasteiger partial charge is 0.119 e. The summed E-state index contributed by atoms with van der Waals surface area (Å²) in [5.41, 5.74) is 9.10. The number of hydrogen-bond acceptors (Lipinski definition) is 2. The molecule has 2 N–H and O–H groups in total. The molecule has 0 aromatic heterocycles. The van der Waals surface area contributed by atoms with Crippen LogP contribution in [-0.4, -0.2) is 7.11 Å². The summed E-state index contributed by atoms with van der Waals surface area (Å²) in [6.45, 7) is 0. The van der Waals surface area contributed by atoms with Gasteiger partial charge in [-0.15, -0.1) is 0 Å². The second-order valence-corrected chi connectivity index (χ2v) is 2.96. The first-order valence-corrected chi connectivity index (χ1v) is 3.92. The van der Waals surface area contributed by atoms with Crippen molar-refractivity contribution >= 4 is 6.08 Å². The van der Waals surface area contributed by atoms with Crippen molar-refractivity contribution in [3.05, 3.63) is 35.0 Å². The fourth-order valence-corrected chi connectivity index (χ4v) is 1.47. The van der Waals surface area contributed by atoms with Gasteiger partial charge in [0.05, 0.1) is 7.11 Å². The second kappa shape index (κ2) is 2.55. The average Bonchev–Trinajstić information content (AvgIpc) is 2.43. The highest BCUT2D eigenvalue weighted by Gasteiger charge is 2.10. The van der Waals surface area contributed by atoms with Crippen molar-refractivity contribution in [1.29, 1.82) is 0 Å². The van der Waals surface area contributed by atoms with Gasteiger partial charge in [-0.25, -0.2) is 0 Å². The number of hydrogen-bond donors (Lipinski definition) is 1. The van der Waals surface area contributed by atoms with Crippen molar-refractivity contribution in [2.45, 2.75) is 6.42 Å². The summed E-state index contributed by atoms with van der Waals surface area (Å²) in [6, 6.07) is 6.02. The Morgan fingerprint density at radius 1 is 1.42 bits per heavy atom. The van der Waals surface area contributed by atoms with Crippen LogP contribution >= 0.6 is 0 Å². The van der Waals surface area contributed by atoms with Gasteiger partial charge < -0.3 is 10.5 Å². The van der Waals surface area contributed by atoms with Gasteiger partial charge in [-0.1, -0.05) is 6.07 Å². The van der Waals surface area contributed by atoms with Gasteiger partial charge in [0.15, 0.2) is 0 Å². The van der Waals surface area contributed by atoms with E-state index in [1.807, 2.05) is 24.3 Å². The molecule has 0 amide bonds. The average molecular weight is 161 g/mol. The largest absolute Gasteiger partial charge is 0.497 e. The van der Waals surface area contributed by atoms with Gasteiger partial charge in [-0.3, -0.25) is 0 Å². The number of methoxy groups -OCH3 is 1. The van der Waals surface area contributed by atoms with Gasteiger partial charge >= 0.3 is 0 Å². The summed E-state index contributed by atoms with van der Waals surface area (Å²) in [7, 11) is 1.67. The highest BCUT2D eigenvalue weighted by atomic mass is 16.5. The summed E-state index contributed by atoms with van der Waals surface area (Å²) in [5.74, 6) is 0.900. The molecule has 0 aliphatic heterocycles. The van der Waals surface area contributed by atoms with Crippen LogP contribution in [0.3, 0.4) is 0 Å². The fraction of sp³-hybridized carbons (Fsp3) is 0.200. The molecule has 62 valence electrons. The molecule has 0 radical (unpaired) electrons. The van der Waals surface area contributed by atoms with Crippen molar-refractivity contribution in [2.75, 3.05) is 7.11 Å². The molecule has 1 aliphatic rings. The second-order valence-electron chi connectivity index (χ2n) is 2.96. The van der Waals surface area contributed by atoms with Gasteiger partial charge in [0.2, 0.25) is 0 Å². The predicted octanol–water partition coefficient (Wildman–Crippen LogP) is 1.55. The van der Waals surface area contributed by atoms with Crippen LogP contribution in [0.25, 0.3) is 6.08 Å². The zero-order valence-corrected chi connectivity index (χ0v) is 7.00. The van der Waals surface area contributed by atoms with E-state index in [1.54, 1.807) is 7.11 Å². The van der Waals surface area contributed by atoms with E-state index in [1.165, 1.54) is 11.1 Å². The number of ether oxygens (including phenoxy) is 1. The summed E-state index contributed by atoms with van der Waals surface area (Å²) in [5, 5.41) is 0. The van der Waals surface area contributed by atoms with E-state index >= 15 is 0 Å². The Balaban J connectivity index is 2.42. The number of rotatable bonds is 1. The van der Waals surface area contributed by atoms with E-state index < -0.39 is 0 Å². The molecule has 0 fully saturated rings. The van der Waals surface area contributed by atoms with Crippen LogP contribution in [0.2, 0.25) is 0 Å². The minimum atomic E-state index is 0.854. The Kier molecular flexibility index (Phi) is 1.54. The molecule has 0 saturated heterocycles. The van der Waals surface area contributed by atoms with Crippen LogP contribution in [0.4, 0.5) is 0 Å². The normalized spacial score (nSPS) is 13.9. The molecule has 2 nitrogen and oxygen atoms in total.